The molecule has 0 bridgehead atoms. The van der Waals surface area contributed by atoms with E-state index in [1.807, 2.05) is 0 Å². The van der Waals surface area contributed by atoms with Crippen LogP contribution >= 0.6 is 15.9 Å². The molecule has 1 saturated carbocycles. The van der Waals surface area contributed by atoms with Gasteiger partial charge in [-0.15, -0.1) is 0 Å². The summed E-state index contributed by atoms with van der Waals surface area (Å²) in [6.45, 7) is -0.0407. The molecule has 0 unspecified atom stereocenters. The molecular weight excluding hydrogens is 359 g/mol. The topological polar surface area (TPSA) is 63.4 Å². The number of benzene rings is 1. The zero-order chi connectivity index (χ0) is 15.6. The van der Waals surface area contributed by atoms with Crippen molar-refractivity contribution in [3.8, 4) is 0 Å². The van der Waals surface area contributed by atoms with Gasteiger partial charge < -0.3 is 5.73 Å². The lowest BCUT2D eigenvalue weighted by molar-refractivity contribution is 0.285. The Morgan fingerprint density at radius 2 is 1.95 bits per heavy atom. The van der Waals surface area contributed by atoms with Crippen LogP contribution in [0.2, 0.25) is 0 Å². The molecule has 2 N–H and O–H groups in total. The van der Waals surface area contributed by atoms with E-state index in [0.717, 1.165) is 32.1 Å². The molecule has 0 spiro atoms. The fourth-order valence-corrected chi connectivity index (χ4v) is 4.95. The van der Waals surface area contributed by atoms with Crippen molar-refractivity contribution in [3.63, 3.8) is 0 Å². The van der Waals surface area contributed by atoms with Gasteiger partial charge in [0.25, 0.3) is 0 Å². The predicted molar refractivity (Wildman–Crippen MR) is 83.8 cm³/mol. The highest BCUT2D eigenvalue weighted by molar-refractivity contribution is 9.10. The molecular formula is C14H20BrFN2O2S. The van der Waals surface area contributed by atoms with Crippen molar-refractivity contribution >= 4 is 26.0 Å². The quantitative estimate of drug-likeness (QED) is 0.875. The number of hydrogen-bond acceptors (Lipinski definition) is 3. The van der Waals surface area contributed by atoms with Crippen LogP contribution in [0.3, 0.4) is 0 Å². The standard InChI is InChI=1S/C14H20BrFN2O2S/c1-18(12-5-3-2-4-6-12)21(19,20)13-8-11(15)7-10(9-17)14(13)16/h7-8,12H,2-6,9,17H2,1H3. The van der Waals surface area contributed by atoms with Crippen molar-refractivity contribution in [2.24, 2.45) is 5.73 Å². The van der Waals surface area contributed by atoms with Gasteiger partial charge in [0.2, 0.25) is 10.0 Å². The van der Waals surface area contributed by atoms with E-state index in [1.165, 1.54) is 23.5 Å². The van der Waals surface area contributed by atoms with Crippen LogP contribution in [0.15, 0.2) is 21.5 Å². The van der Waals surface area contributed by atoms with Crippen LogP contribution in [0, 0.1) is 5.82 Å². The van der Waals surface area contributed by atoms with Gasteiger partial charge in [0.05, 0.1) is 0 Å². The number of sulfonamides is 1. The van der Waals surface area contributed by atoms with Gasteiger partial charge in [0, 0.05) is 29.7 Å². The van der Waals surface area contributed by atoms with Crippen molar-refractivity contribution in [1.29, 1.82) is 0 Å². The minimum Gasteiger partial charge on any atom is -0.326 e. The summed E-state index contributed by atoms with van der Waals surface area (Å²) in [5.41, 5.74) is 5.68. The Morgan fingerprint density at radius 1 is 1.33 bits per heavy atom. The van der Waals surface area contributed by atoms with E-state index >= 15 is 0 Å². The highest BCUT2D eigenvalue weighted by atomic mass is 79.9. The Labute approximate surface area is 133 Å². The minimum atomic E-state index is -3.85. The van der Waals surface area contributed by atoms with Crippen LogP contribution in [-0.4, -0.2) is 25.8 Å². The number of nitrogens with zero attached hydrogens (tertiary/aromatic N) is 1. The molecule has 0 aliphatic heterocycles. The molecule has 0 radical (unpaired) electrons. The number of nitrogens with two attached hydrogens (primary N) is 1. The van der Waals surface area contributed by atoms with E-state index in [1.54, 1.807) is 0 Å². The van der Waals surface area contributed by atoms with Crippen LogP contribution < -0.4 is 5.73 Å². The molecule has 1 aromatic carbocycles. The third kappa shape index (κ3) is 3.47. The summed E-state index contributed by atoms with van der Waals surface area (Å²) in [6, 6.07) is 2.77. The molecule has 0 saturated heterocycles. The van der Waals surface area contributed by atoms with Crippen LogP contribution in [-0.2, 0) is 16.6 Å². The zero-order valence-electron chi connectivity index (χ0n) is 12.0. The maximum absolute atomic E-state index is 14.4. The second kappa shape index (κ2) is 6.73. The van der Waals surface area contributed by atoms with Gasteiger partial charge in [-0.2, -0.15) is 4.31 Å². The summed E-state index contributed by atoms with van der Waals surface area (Å²) in [5, 5.41) is 0. The average molecular weight is 379 g/mol. The molecule has 2 rings (SSSR count). The molecule has 1 aromatic rings. The SMILES string of the molecule is CN(C1CCCCC1)S(=O)(=O)c1cc(Br)cc(CN)c1F. The number of halogens is 2. The second-order valence-electron chi connectivity index (χ2n) is 5.39. The molecule has 0 amide bonds. The van der Waals surface area contributed by atoms with Gasteiger partial charge in [-0.05, 0) is 25.0 Å². The molecule has 0 atom stereocenters. The van der Waals surface area contributed by atoms with Crippen molar-refractivity contribution in [2.45, 2.75) is 49.6 Å². The molecule has 4 nitrogen and oxygen atoms in total. The average Bonchev–Trinajstić information content (AvgIpc) is 2.49. The van der Waals surface area contributed by atoms with Crippen molar-refractivity contribution in [1.82, 2.24) is 4.31 Å². The molecule has 1 fully saturated rings. The van der Waals surface area contributed by atoms with E-state index in [4.69, 9.17) is 5.73 Å². The Balaban J connectivity index is 2.41. The first kappa shape index (κ1) is 16.9. The van der Waals surface area contributed by atoms with Gasteiger partial charge in [-0.1, -0.05) is 35.2 Å². The van der Waals surface area contributed by atoms with Gasteiger partial charge in [-0.3, -0.25) is 0 Å². The summed E-state index contributed by atoms with van der Waals surface area (Å²) in [6.07, 6.45) is 4.82. The van der Waals surface area contributed by atoms with E-state index in [2.05, 4.69) is 15.9 Å². The van der Waals surface area contributed by atoms with Crippen LogP contribution in [0.4, 0.5) is 4.39 Å². The molecule has 0 aromatic heterocycles. The van der Waals surface area contributed by atoms with Crippen LogP contribution in [0.5, 0.6) is 0 Å². The summed E-state index contributed by atoms with van der Waals surface area (Å²) >= 11 is 3.22. The number of hydrogen-bond donors (Lipinski definition) is 1. The molecule has 1 aliphatic rings. The minimum absolute atomic E-state index is 0.0407. The summed E-state index contributed by atoms with van der Waals surface area (Å²) < 4.78 is 41.6. The third-order valence-corrected chi connectivity index (χ3v) is 6.41. The Bertz CT molecular complexity index is 616. The highest BCUT2D eigenvalue weighted by Gasteiger charge is 2.32. The van der Waals surface area contributed by atoms with Crippen molar-refractivity contribution in [3.05, 3.63) is 28.0 Å². The molecule has 1 aliphatic carbocycles. The fraction of sp³-hybridized carbons (Fsp3) is 0.571. The van der Waals surface area contributed by atoms with Gasteiger partial charge >= 0.3 is 0 Å². The highest BCUT2D eigenvalue weighted by Crippen LogP contribution is 2.30. The third-order valence-electron chi connectivity index (χ3n) is 4.05. The Kier molecular flexibility index (Phi) is 5.40. The first-order valence-electron chi connectivity index (χ1n) is 7.04. The van der Waals surface area contributed by atoms with E-state index in [0.29, 0.717) is 4.47 Å². The first-order valence-corrected chi connectivity index (χ1v) is 9.27. The lowest BCUT2D eigenvalue weighted by Crippen LogP contribution is -2.38. The van der Waals surface area contributed by atoms with E-state index < -0.39 is 15.8 Å². The summed E-state index contributed by atoms with van der Waals surface area (Å²) in [4.78, 5) is -0.301. The van der Waals surface area contributed by atoms with E-state index in [9.17, 15) is 12.8 Å². The molecule has 21 heavy (non-hydrogen) atoms. The van der Waals surface area contributed by atoms with Gasteiger partial charge in [0.1, 0.15) is 10.7 Å². The maximum atomic E-state index is 14.4. The zero-order valence-corrected chi connectivity index (χ0v) is 14.4. The Hall–Kier alpha value is -0.500. The number of rotatable bonds is 4. The lowest BCUT2D eigenvalue weighted by Gasteiger charge is -2.30. The van der Waals surface area contributed by atoms with Crippen LogP contribution in [0.25, 0.3) is 0 Å². The first-order chi connectivity index (χ1) is 9.87. The van der Waals surface area contributed by atoms with E-state index in [-0.39, 0.29) is 23.0 Å². The lowest BCUT2D eigenvalue weighted by atomic mass is 9.96. The van der Waals surface area contributed by atoms with Gasteiger partial charge in [-0.25, -0.2) is 12.8 Å². The summed E-state index contributed by atoms with van der Waals surface area (Å²) in [7, 11) is -2.32. The smallest absolute Gasteiger partial charge is 0.246 e. The predicted octanol–water partition coefficient (Wildman–Crippen LogP) is 3.00. The normalized spacial score (nSPS) is 17.4. The summed E-state index contributed by atoms with van der Waals surface area (Å²) in [5.74, 6) is -0.747. The maximum Gasteiger partial charge on any atom is 0.246 e. The van der Waals surface area contributed by atoms with Gasteiger partial charge in [0.15, 0.2) is 0 Å². The monoisotopic (exact) mass is 378 g/mol. The molecule has 7 heteroatoms. The molecule has 0 heterocycles. The van der Waals surface area contributed by atoms with Crippen LogP contribution in [0.1, 0.15) is 37.7 Å². The largest absolute Gasteiger partial charge is 0.326 e. The second-order valence-corrected chi connectivity index (χ2v) is 8.28. The van der Waals surface area contributed by atoms with Crippen molar-refractivity contribution in [2.75, 3.05) is 7.05 Å². The van der Waals surface area contributed by atoms with Crippen molar-refractivity contribution < 1.29 is 12.8 Å². The fourth-order valence-electron chi connectivity index (χ4n) is 2.75. The molecule has 118 valence electrons. The Morgan fingerprint density at radius 3 is 2.52 bits per heavy atom.